The van der Waals surface area contributed by atoms with Crippen molar-refractivity contribution in [2.45, 2.75) is 146 Å². The molecule has 9 aliphatic rings. The Morgan fingerprint density at radius 1 is 0.457 bits per heavy atom. The standard InChI is InChI=1S/C32H55N8.C4H3S.Cu/c1-2-10-18-17(9-1)25-33-26(18)38-28-21-13-5-6-14-22(21)30(35-28)40-32-24-16-8-7-15-23(24)31(36-32)39-29-20-12-4-3-11-19(20)27(34-29)37-25;1-2-4-5-3-1;/h9,17-40H,1-8,10-16H2;1,3-4H;/q2*-1;+2. The van der Waals surface area contributed by atoms with E-state index in [1.165, 1.54) is 96.3 Å². The molecular weight excluding hydrogens is 640 g/mol. The van der Waals surface area contributed by atoms with E-state index < -0.39 is 0 Å². The minimum atomic E-state index is 0. The third kappa shape index (κ3) is 6.34. The molecule has 16 atom stereocenters. The Bertz CT molecular complexity index is 887. The van der Waals surface area contributed by atoms with Gasteiger partial charge in [0.1, 0.15) is 0 Å². The first kappa shape index (κ1) is 33.1. The fourth-order valence-electron chi connectivity index (χ4n) is 11.9. The van der Waals surface area contributed by atoms with Crippen molar-refractivity contribution in [3.8, 4) is 0 Å². The first-order valence-corrected chi connectivity index (χ1v) is 20.0. The van der Waals surface area contributed by atoms with E-state index in [0.717, 1.165) is 35.5 Å². The zero-order valence-corrected chi connectivity index (χ0v) is 29.1. The Labute approximate surface area is 292 Å². The molecular formula is C36H58CuN8S. The van der Waals surface area contributed by atoms with E-state index >= 15 is 0 Å². The Morgan fingerprint density at radius 3 is 1.13 bits per heavy atom. The van der Waals surface area contributed by atoms with E-state index in [0.29, 0.717) is 61.2 Å². The molecule has 8 N–H and O–H groups in total. The van der Waals surface area contributed by atoms with Gasteiger partial charge in [0, 0.05) is 6.17 Å². The monoisotopic (exact) mass is 697 g/mol. The Kier molecular flexibility index (Phi) is 10.5. The average molecular weight is 699 g/mol. The van der Waals surface area contributed by atoms with Gasteiger partial charge in [0.25, 0.3) is 0 Å². The summed E-state index contributed by atoms with van der Waals surface area (Å²) in [4.78, 5) is 0. The Hall–Kier alpha value is -0.101. The van der Waals surface area contributed by atoms with Crippen LogP contribution in [0, 0.1) is 59.8 Å². The fourth-order valence-corrected chi connectivity index (χ4v) is 12.3. The van der Waals surface area contributed by atoms with E-state index in [-0.39, 0.29) is 17.1 Å². The molecule has 1 aromatic rings. The SMILES string of the molecule is [CH-]1CCCC2C3NC(NC4NC(NC5NC(NC6NC(N3)C3CCCCC63)C3CCCCC53)C3CCCCC43)C12.[Cu+2].[c-]1ccsc1. The molecule has 0 spiro atoms. The molecule has 0 aromatic carbocycles. The molecule has 16 unspecified atom stereocenters. The summed E-state index contributed by atoms with van der Waals surface area (Å²) in [5.74, 6) is 5.74. The van der Waals surface area contributed by atoms with Crippen LogP contribution in [0.15, 0.2) is 16.8 Å². The zero-order chi connectivity index (χ0) is 29.7. The largest absolute Gasteiger partial charge is 2.00 e. The van der Waals surface area contributed by atoms with Crippen molar-refractivity contribution < 1.29 is 17.1 Å². The summed E-state index contributed by atoms with van der Waals surface area (Å²) in [6.45, 7) is 0. The topological polar surface area (TPSA) is 96.2 Å². The molecule has 8 bridgehead atoms. The van der Waals surface area contributed by atoms with Crippen LogP contribution in [0.25, 0.3) is 0 Å². The van der Waals surface area contributed by atoms with Crippen LogP contribution in [0.4, 0.5) is 0 Å². The normalized spacial score (nSPS) is 51.0. The van der Waals surface area contributed by atoms with Crippen molar-refractivity contribution in [3.05, 3.63) is 29.3 Å². The predicted octanol–water partition coefficient (Wildman–Crippen LogP) is 3.97. The van der Waals surface area contributed by atoms with Crippen molar-refractivity contribution >= 4 is 11.3 Å². The quantitative estimate of drug-likeness (QED) is 0.153. The maximum absolute atomic E-state index is 4.25. The third-order valence-electron chi connectivity index (χ3n) is 13.9. The minimum absolute atomic E-state index is 0. The van der Waals surface area contributed by atoms with Gasteiger partial charge in [-0.05, 0) is 80.0 Å². The number of hydrogen-bond acceptors (Lipinski definition) is 9. The summed E-state index contributed by atoms with van der Waals surface area (Å²) in [5, 5.41) is 37.6. The van der Waals surface area contributed by atoms with Crippen molar-refractivity contribution in [3.63, 3.8) is 0 Å². The number of rotatable bonds is 0. The summed E-state index contributed by atoms with van der Waals surface area (Å²) in [6, 6.07) is 4.77. The van der Waals surface area contributed by atoms with Crippen LogP contribution in [0.1, 0.15) is 96.3 Å². The molecule has 0 amide bonds. The van der Waals surface area contributed by atoms with Gasteiger partial charge in [-0.2, -0.15) is 11.8 Å². The molecule has 259 valence electrons. The van der Waals surface area contributed by atoms with Crippen LogP contribution in [-0.2, 0) is 17.1 Å². The molecule has 9 fully saturated rings. The maximum Gasteiger partial charge on any atom is 2.00 e. The van der Waals surface area contributed by atoms with Crippen molar-refractivity contribution in [1.82, 2.24) is 42.5 Å². The van der Waals surface area contributed by atoms with Crippen LogP contribution in [0.5, 0.6) is 0 Å². The summed E-state index contributed by atoms with van der Waals surface area (Å²) in [5.41, 5.74) is 0. The fraction of sp³-hybridized carbons (Fsp3) is 0.861. The Morgan fingerprint density at radius 2 is 0.804 bits per heavy atom. The number of fused-ring (bicyclic) bond motifs is 20. The van der Waals surface area contributed by atoms with Gasteiger partial charge in [-0.15, -0.1) is 11.3 Å². The van der Waals surface area contributed by atoms with E-state index in [9.17, 15) is 0 Å². The summed E-state index contributed by atoms with van der Waals surface area (Å²) < 4.78 is 0. The molecule has 4 saturated carbocycles. The maximum atomic E-state index is 4.25. The first-order valence-electron chi connectivity index (χ1n) is 19.1. The summed E-state index contributed by atoms with van der Waals surface area (Å²) in [7, 11) is 0. The molecule has 5 aliphatic heterocycles. The van der Waals surface area contributed by atoms with Gasteiger partial charge in [-0.25, -0.2) is 12.1 Å². The molecule has 1 radical (unpaired) electrons. The second-order valence-corrected chi connectivity index (χ2v) is 16.9. The van der Waals surface area contributed by atoms with Gasteiger partial charge in [-0.3, -0.25) is 53.9 Å². The van der Waals surface area contributed by atoms with Gasteiger partial charge in [-0.1, -0.05) is 51.4 Å². The van der Waals surface area contributed by atoms with E-state index in [4.69, 9.17) is 0 Å². The van der Waals surface area contributed by atoms with E-state index in [2.05, 4.69) is 55.0 Å². The molecule has 10 heteroatoms. The Balaban J connectivity index is 0.000000478. The zero-order valence-electron chi connectivity index (χ0n) is 27.4. The van der Waals surface area contributed by atoms with E-state index in [1.54, 1.807) is 11.3 Å². The van der Waals surface area contributed by atoms with Gasteiger partial charge in [0.05, 0.1) is 43.2 Å². The molecule has 1 aromatic heterocycles. The number of nitrogens with one attached hydrogen (secondary N) is 8. The van der Waals surface area contributed by atoms with Crippen molar-refractivity contribution in [1.29, 1.82) is 0 Å². The molecule has 5 saturated heterocycles. The van der Waals surface area contributed by atoms with Gasteiger partial charge in [0.15, 0.2) is 0 Å². The van der Waals surface area contributed by atoms with Gasteiger partial charge in [0.2, 0.25) is 0 Å². The van der Waals surface area contributed by atoms with Crippen LogP contribution in [0.3, 0.4) is 0 Å². The first-order chi connectivity index (χ1) is 22.3. The van der Waals surface area contributed by atoms with Crippen LogP contribution in [-0.4, -0.2) is 49.3 Å². The van der Waals surface area contributed by atoms with Crippen molar-refractivity contribution in [2.75, 3.05) is 0 Å². The minimum Gasteiger partial charge on any atom is -0.322 e. The number of thiophene rings is 1. The summed E-state index contributed by atoms with van der Waals surface area (Å²) in [6.07, 6.45) is 26.4. The molecule has 6 heterocycles. The number of hydrogen-bond donors (Lipinski definition) is 8. The molecule has 10 rings (SSSR count). The van der Waals surface area contributed by atoms with Crippen LogP contribution < -0.4 is 42.5 Å². The van der Waals surface area contributed by atoms with Crippen LogP contribution in [0.2, 0.25) is 0 Å². The summed E-state index contributed by atoms with van der Waals surface area (Å²) >= 11 is 1.66. The average Bonchev–Trinajstić information content (AvgIpc) is 3.93. The predicted molar refractivity (Wildman–Crippen MR) is 180 cm³/mol. The molecule has 46 heavy (non-hydrogen) atoms. The molecule has 4 aliphatic carbocycles. The molecule has 8 nitrogen and oxygen atoms in total. The van der Waals surface area contributed by atoms with E-state index in [1.807, 2.05) is 16.8 Å². The third-order valence-corrected chi connectivity index (χ3v) is 14.5. The van der Waals surface area contributed by atoms with Gasteiger partial charge >= 0.3 is 17.1 Å². The van der Waals surface area contributed by atoms with Gasteiger partial charge < -0.3 is 6.42 Å². The smallest absolute Gasteiger partial charge is 0.322 e. The second kappa shape index (κ2) is 14.6. The second-order valence-electron chi connectivity index (χ2n) is 16.1. The van der Waals surface area contributed by atoms with Crippen molar-refractivity contribution in [2.24, 2.45) is 47.3 Å². The van der Waals surface area contributed by atoms with Crippen LogP contribution >= 0.6 is 11.3 Å².